The molecule has 0 saturated heterocycles. The molecule has 0 aliphatic rings. The van der Waals surface area contributed by atoms with E-state index in [9.17, 15) is 4.39 Å². The molecule has 3 aromatic rings. The highest BCUT2D eigenvalue weighted by atomic mass is 32.1. The van der Waals surface area contributed by atoms with Gasteiger partial charge < -0.3 is 0 Å². The van der Waals surface area contributed by atoms with Gasteiger partial charge in [-0.2, -0.15) is 14.9 Å². The summed E-state index contributed by atoms with van der Waals surface area (Å²) in [6, 6.07) is 14.4. The highest BCUT2D eigenvalue weighted by Gasteiger charge is 2.12. The number of nitrogens with zero attached hydrogens (tertiary/aromatic N) is 3. The molecule has 0 unspecified atom stereocenters. The molecular formula is C19H19FN4S. The van der Waals surface area contributed by atoms with Crippen molar-refractivity contribution in [1.82, 2.24) is 14.9 Å². The molecule has 0 amide bonds. The lowest BCUT2D eigenvalue weighted by Crippen LogP contribution is -2.10. The molecule has 0 fully saturated rings. The largest absolute Gasteiger partial charge is 0.250 e. The van der Waals surface area contributed by atoms with Gasteiger partial charge in [0.05, 0.1) is 6.21 Å². The quantitative estimate of drug-likeness (QED) is 0.536. The lowest BCUT2D eigenvalue weighted by Gasteiger charge is -2.18. The van der Waals surface area contributed by atoms with Crippen LogP contribution in [0.25, 0.3) is 11.4 Å². The molecule has 0 saturated carbocycles. The Morgan fingerprint density at radius 2 is 1.88 bits per heavy atom. The van der Waals surface area contributed by atoms with Gasteiger partial charge in [-0.3, -0.25) is 0 Å². The smallest absolute Gasteiger partial charge is 0.216 e. The summed E-state index contributed by atoms with van der Waals surface area (Å²) in [6.07, 6.45) is 1.71. The average molecular weight is 354 g/mol. The number of benzene rings is 2. The fourth-order valence-corrected chi connectivity index (χ4v) is 2.59. The van der Waals surface area contributed by atoms with Crippen LogP contribution in [0.5, 0.6) is 0 Å². The van der Waals surface area contributed by atoms with Crippen LogP contribution in [-0.4, -0.2) is 21.1 Å². The molecule has 0 aliphatic heterocycles. The molecule has 1 aromatic heterocycles. The molecule has 0 atom stereocenters. The van der Waals surface area contributed by atoms with Crippen molar-refractivity contribution in [1.29, 1.82) is 0 Å². The lowest BCUT2D eigenvalue weighted by molar-refractivity contribution is 0.590. The van der Waals surface area contributed by atoms with Crippen molar-refractivity contribution >= 4 is 18.4 Å². The van der Waals surface area contributed by atoms with E-state index >= 15 is 0 Å². The van der Waals surface area contributed by atoms with E-state index in [-0.39, 0.29) is 11.2 Å². The summed E-state index contributed by atoms with van der Waals surface area (Å²) in [5.74, 6) is 0.131. The van der Waals surface area contributed by atoms with Crippen LogP contribution in [0.1, 0.15) is 31.9 Å². The summed E-state index contributed by atoms with van der Waals surface area (Å²) < 4.78 is 15.3. The van der Waals surface area contributed by atoms with Crippen molar-refractivity contribution in [3.8, 4) is 11.4 Å². The number of aromatic amines is 1. The third-order valence-corrected chi connectivity index (χ3v) is 4.10. The van der Waals surface area contributed by atoms with Gasteiger partial charge in [-0.25, -0.2) is 9.49 Å². The minimum atomic E-state index is -0.334. The first-order valence-corrected chi connectivity index (χ1v) is 8.34. The Morgan fingerprint density at radius 3 is 2.52 bits per heavy atom. The predicted octanol–water partition coefficient (Wildman–Crippen LogP) is 4.93. The van der Waals surface area contributed by atoms with Crippen molar-refractivity contribution in [2.45, 2.75) is 26.2 Å². The minimum Gasteiger partial charge on any atom is -0.250 e. The number of hydrogen-bond acceptors (Lipinski definition) is 3. The number of aromatic nitrogens is 3. The van der Waals surface area contributed by atoms with Crippen LogP contribution in [0.4, 0.5) is 4.39 Å². The number of rotatable bonds is 3. The second-order valence-corrected chi connectivity index (χ2v) is 7.18. The van der Waals surface area contributed by atoms with Crippen LogP contribution in [0.15, 0.2) is 53.6 Å². The van der Waals surface area contributed by atoms with E-state index in [1.54, 1.807) is 18.3 Å². The van der Waals surface area contributed by atoms with Crippen LogP contribution in [0.3, 0.4) is 0 Å². The van der Waals surface area contributed by atoms with Gasteiger partial charge in [0.1, 0.15) is 5.82 Å². The van der Waals surface area contributed by atoms with Crippen molar-refractivity contribution in [2.24, 2.45) is 5.10 Å². The number of halogens is 1. The standard InChI is InChI=1S/C19H19FN4S/c1-19(2,3)15-9-7-13(8-10-15)12-21-24-17(22-23-18(24)25)14-5-4-6-16(20)11-14/h4-12H,1-3H3,(H,23,25)/b21-12-. The highest BCUT2D eigenvalue weighted by molar-refractivity contribution is 7.71. The van der Waals surface area contributed by atoms with Gasteiger partial charge in [0.25, 0.3) is 0 Å². The number of H-pyrrole nitrogens is 1. The zero-order valence-electron chi connectivity index (χ0n) is 14.3. The summed E-state index contributed by atoms with van der Waals surface area (Å²) in [7, 11) is 0. The van der Waals surface area contributed by atoms with Gasteiger partial charge in [-0.05, 0) is 40.9 Å². The summed E-state index contributed by atoms with van der Waals surface area (Å²) in [6.45, 7) is 6.52. The predicted molar refractivity (Wildman–Crippen MR) is 101 cm³/mol. The lowest BCUT2D eigenvalue weighted by atomic mass is 9.87. The highest BCUT2D eigenvalue weighted by Crippen LogP contribution is 2.22. The third kappa shape index (κ3) is 3.91. The minimum absolute atomic E-state index is 0.104. The van der Waals surface area contributed by atoms with Gasteiger partial charge in [-0.1, -0.05) is 57.2 Å². The molecule has 0 aliphatic carbocycles. The van der Waals surface area contributed by atoms with E-state index in [4.69, 9.17) is 12.2 Å². The molecule has 6 heteroatoms. The van der Waals surface area contributed by atoms with Crippen LogP contribution in [0.2, 0.25) is 0 Å². The average Bonchev–Trinajstić information content (AvgIpc) is 2.93. The number of hydrogen-bond donors (Lipinski definition) is 1. The first kappa shape index (κ1) is 17.2. The summed E-state index contributed by atoms with van der Waals surface area (Å²) >= 11 is 5.23. The Morgan fingerprint density at radius 1 is 1.16 bits per heavy atom. The second kappa shape index (κ2) is 6.72. The topological polar surface area (TPSA) is 46.0 Å². The van der Waals surface area contributed by atoms with E-state index in [0.717, 1.165) is 5.56 Å². The molecule has 128 valence electrons. The van der Waals surface area contributed by atoms with E-state index in [2.05, 4.69) is 48.2 Å². The number of nitrogens with one attached hydrogen (secondary N) is 1. The first-order chi connectivity index (χ1) is 11.8. The molecule has 0 bridgehead atoms. The molecule has 2 aromatic carbocycles. The Kier molecular flexibility index (Phi) is 4.63. The van der Waals surface area contributed by atoms with Gasteiger partial charge in [0.2, 0.25) is 4.77 Å². The van der Waals surface area contributed by atoms with E-state index in [1.807, 2.05) is 12.1 Å². The van der Waals surface area contributed by atoms with Gasteiger partial charge >= 0.3 is 0 Å². The Labute approximate surface area is 151 Å². The Bertz CT molecular complexity index is 962. The summed E-state index contributed by atoms with van der Waals surface area (Å²) in [5, 5.41) is 11.3. The molecule has 0 spiro atoms. The SMILES string of the molecule is CC(C)(C)c1ccc(/C=N\n2c(-c3cccc(F)c3)n[nH]c2=S)cc1. The van der Waals surface area contributed by atoms with Crippen LogP contribution in [0, 0.1) is 10.6 Å². The summed E-state index contributed by atoms with van der Waals surface area (Å²) in [4.78, 5) is 0. The van der Waals surface area contributed by atoms with Crippen molar-refractivity contribution in [3.63, 3.8) is 0 Å². The van der Waals surface area contributed by atoms with Crippen LogP contribution in [-0.2, 0) is 5.41 Å². The normalized spacial score (nSPS) is 12.0. The van der Waals surface area contributed by atoms with Crippen LogP contribution < -0.4 is 0 Å². The maximum absolute atomic E-state index is 13.5. The second-order valence-electron chi connectivity index (χ2n) is 6.79. The monoisotopic (exact) mass is 354 g/mol. The van der Waals surface area contributed by atoms with Gasteiger partial charge in [-0.15, -0.1) is 0 Å². The summed E-state index contributed by atoms with van der Waals surface area (Å²) in [5.41, 5.74) is 2.91. The fourth-order valence-electron chi connectivity index (χ4n) is 2.41. The maximum Gasteiger partial charge on any atom is 0.216 e. The fraction of sp³-hybridized carbons (Fsp3) is 0.211. The van der Waals surface area contributed by atoms with E-state index < -0.39 is 0 Å². The van der Waals surface area contributed by atoms with Crippen molar-refractivity contribution in [3.05, 3.63) is 70.2 Å². The third-order valence-electron chi connectivity index (χ3n) is 3.83. The molecular weight excluding hydrogens is 335 g/mol. The van der Waals surface area contributed by atoms with Gasteiger partial charge in [0.15, 0.2) is 5.82 Å². The van der Waals surface area contributed by atoms with E-state index in [1.165, 1.54) is 22.4 Å². The molecule has 0 radical (unpaired) electrons. The Balaban J connectivity index is 1.92. The first-order valence-electron chi connectivity index (χ1n) is 7.93. The molecule has 4 nitrogen and oxygen atoms in total. The van der Waals surface area contributed by atoms with Crippen LogP contribution >= 0.6 is 12.2 Å². The Hall–Kier alpha value is -2.60. The zero-order chi connectivity index (χ0) is 18.0. The maximum atomic E-state index is 13.5. The molecule has 25 heavy (non-hydrogen) atoms. The van der Waals surface area contributed by atoms with Crippen molar-refractivity contribution < 1.29 is 4.39 Å². The zero-order valence-corrected chi connectivity index (χ0v) is 15.1. The molecule has 1 heterocycles. The van der Waals surface area contributed by atoms with E-state index in [0.29, 0.717) is 16.2 Å². The van der Waals surface area contributed by atoms with Crippen molar-refractivity contribution in [2.75, 3.05) is 0 Å². The molecule has 3 rings (SSSR count). The molecule has 1 N–H and O–H groups in total. The van der Waals surface area contributed by atoms with Gasteiger partial charge in [0, 0.05) is 5.56 Å².